The smallest absolute Gasteiger partial charge is 0.0921 e. The van der Waals surface area contributed by atoms with Crippen LogP contribution in [-0.2, 0) is 5.60 Å². The second-order valence-electron chi connectivity index (χ2n) is 5.21. The standard InChI is InChI=1S/C14H21NO/c1-11-8-12(2)10-13(9-11)14(16)4-6-15(3)7-5-14/h8-10,16H,4-7H2,1-3H3. The highest BCUT2D eigenvalue weighted by molar-refractivity contribution is 5.32. The maximum atomic E-state index is 10.7. The molecular weight excluding hydrogens is 198 g/mol. The number of benzene rings is 1. The third kappa shape index (κ3) is 2.28. The molecule has 1 aliphatic heterocycles. The van der Waals surface area contributed by atoms with Crippen molar-refractivity contribution in [1.29, 1.82) is 0 Å². The molecule has 16 heavy (non-hydrogen) atoms. The minimum Gasteiger partial charge on any atom is -0.385 e. The second-order valence-corrected chi connectivity index (χ2v) is 5.21. The van der Waals surface area contributed by atoms with Gasteiger partial charge >= 0.3 is 0 Å². The summed E-state index contributed by atoms with van der Waals surface area (Å²) >= 11 is 0. The van der Waals surface area contributed by atoms with E-state index in [1.165, 1.54) is 11.1 Å². The molecule has 2 heteroatoms. The number of nitrogens with zero attached hydrogens (tertiary/aromatic N) is 1. The van der Waals surface area contributed by atoms with Crippen LogP contribution in [0.25, 0.3) is 0 Å². The highest BCUT2D eigenvalue weighted by atomic mass is 16.3. The molecule has 0 aliphatic carbocycles. The first-order valence-electron chi connectivity index (χ1n) is 5.99. The molecule has 1 N–H and O–H groups in total. The Morgan fingerprint density at radius 3 is 2.06 bits per heavy atom. The first-order chi connectivity index (χ1) is 7.49. The summed E-state index contributed by atoms with van der Waals surface area (Å²) in [5.41, 5.74) is 2.96. The number of aryl methyl sites for hydroxylation is 2. The molecule has 0 unspecified atom stereocenters. The predicted octanol–water partition coefficient (Wildman–Crippen LogP) is 2.22. The Hall–Kier alpha value is -0.860. The molecule has 0 bridgehead atoms. The van der Waals surface area contributed by atoms with E-state index in [2.05, 4.69) is 44.0 Å². The summed E-state index contributed by atoms with van der Waals surface area (Å²) in [5, 5.41) is 10.7. The Morgan fingerprint density at radius 1 is 1.06 bits per heavy atom. The van der Waals surface area contributed by atoms with Crippen LogP contribution in [0.3, 0.4) is 0 Å². The van der Waals surface area contributed by atoms with E-state index in [-0.39, 0.29) is 0 Å². The Bertz CT molecular complexity index is 358. The third-order valence-corrected chi connectivity index (χ3v) is 3.57. The number of likely N-dealkylation sites (tertiary alicyclic amines) is 1. The molecule has 1 aromatic rings. The van der Waals surface area contributed by atoms with E-state index in [9.17, 15) is 5.11 Å². The maximum absolute atomic E-state index is 10.7. The van der Waals surface area contributed by atoms with Crippen molar-refractivity contribution in [1.82, 2.24) is 4.90 Å². The summed E-state index contributed by atoms with van der Waals surface area (Å²) in [6.45, 7) is 6.14. The number of piperidine rings is 1. The van der Waals surface area contributed by atoms with Gasteiger partial charge < -0.3 is 10.0 Å². The van der Waals surface area contributed by atoms with Crippen LogP contribution in [-0.4, -0.2) is 30.1 Å². The molecule has 1 aliphatic rings. The molecule has 1 saturated heterocycles. The van der Waals surface area contributed by atoms with Crippen LogP contribution in [0.4, 0.5) is 0 Å². The molecular formula is C14H21NO. The van der Waals surface area contributed by atoms with Crippen molar-refractivity contribution in [2.45, 2.75) is 32.3 Å². The molecule has 2 rings (SSSR count). The fourth-order valence-electron chi connectivity index (χ4n) is 2.52. The van der Waals surface area contributed by atoms with Crippen molar-refractivity contribution in [2.75, 3.05) is 20.1 Å². The van der Waals surface area contributed by atoms with Gasteiger partial charge in [-0.05, 0) is 39.3 Å². The van der Waals surface area contributed by atoms with Gasteiger partial charge in [-0.15, -0.1) is 0 Å². The summed E-state index contributed by atoms with van der Waals surface area (Å²) in [6.07, 6.45) is 1.68. The molecule has 0 amide bonds. The van der Waals surface area contributed by atoms with Crippen molar-refractivity contribution < 1.29 is 5.11 Å². The molecule has 2 nitrogen and oxygen atoms in total. The highest BCUT2D eigenvalue weighted by Gasteiger charge is 2.32. The van der Waals surface area contributed by atoms with E-state index < -0.39 is 5.60 Å². The molecule has 1 fully saturated rings. The van der Waals surface area contributed by atoms with E-state index in [1.807, 2.05) is 0 Å². The Morgan fingerprint density at radius 2 is 1.56 bits per heavy atom. The zero-order valence-electron chi connectivity index (χ0n) is 10.5. The Labute approximate surface area is 97.9 Å². The minimum atomic E-state index is -0.608. The van der Waals surface area contributed by atoms with E-state index in [4.69, 9.17) is 0 Å². The maximum Gasteiger partial charge on any atom is 0.0921 e. The molecule has 0 saturated carbocycles. The first-order valence-corrected chi connectivity index (χ1v) is 5.99. The van der Waals surface area contributed by atoms with E-state index in [0.29, 0.717) is 0 Å². The Balaban J connectivity index is 2.28. The monoisotopic (exact) mass is 219 g/mol. The van der Waals surface area contributed by atoms with Crippen molar-refractivity contribution >= 4 is 0 Å². The van der Waals surface area contributed by atoms with E-state index >= 15 is 0 Å². The normalized spacial score (nSPS) is 21.0. The molecule has 0 aromatic heterocycles. The van der Waals surface area contributed by atoms with Crippen LogP contribution >= 0.6 is 0 Å². The predicted molar refractivity (Wildman–Crippen MR) is 66.5 cm³/mol. The van der Waals surface area contributed by atoms with Gasteiger partial charge in [0.2, 0.25) is 0 Å². The molecule has 1 aromatic carbocycles. The summed E-state index contributed by atoms with van der Waals surface area (Å²) in [5.74, 6) is 0. The molecule has 88 valence electrons. The SMILES string of the molecule is Cc1cc(C)cc(C2(O)CCN(C)CC2)c1. The molecule has 1 heterocycles. The van der Waals surface area contributed by atoms with Gasteiger partial charge in [-0.2, -0.15) is 0 Å². The summed E-state index contributed by atoms with van der Waals surface area (Å²) < 4.78 is 0. The minimum absolute atomic E-state index is 0.608. The van der Waals surface area contributed by atoms with Gasteiger partial charge in [0.05, 0.1) is 5.60 Å². The van der Waals surface area contributed by atoms with Crippen LogP contribution in [0.2, 0.25) is 0 Å². The largest absolute Gasteiger partial charge is 0.385 e. The Kier molecular flexibility index (Phi) is 3.04. The number of rotatable bonds is 1. The zero-order chi connectivity index (χ0) is 11.8. The lowest BCUT2D eigenvalue weighted by molar-refractivity contribution is -0.0203. The summed E-state index contributed by atoms with van der Waals surface area (Å²) in [7, 11) is 2.11. The van der Waals surface area contributed by atoms with Gasteiger partial charge in [0, 0.05) is 13.1 Å². The van der Waals surface area contributed by atoms with E-state index in [1.54, 1.807) is 0 Å². The number of hydrogen-bond donors (Lipinski definition) is 1. The topological polar surface area (TPSA) is 23.5 Å². The van der Waals surface area contributed by atoms with Gasteiger partial charge in [-0.1, -0.05) is 29.3 Å². The zero-order valence-corrected chi connectivity index (χ0v) is 10.5. The lowest BCUT2D eigenvalue weighted by Gasteiger charge is -2.37. The van der Waals surface area contributed by atoms with Gasteiger partial charge in [-0.25, -0.2) is 0 Å². The van der Waals surface area contributed by atoms with Crippen LogP contribution in [0.5, 0.6) is 0 Å². The average molecular weight is 219 g/mol. The average Bonchev–Trinajstić information content (AvgIpc) is 2.21. The fraction of sp³-hybridized carbons (Fsp3) is 0.571. The second kappa shape index (κ2) is 4.19. The lowest BCUT2D eigenvalue weighted by atomic mass is 9.83. The fourth-order valence-corrected chi connectivity index (χ4v) is 2.52. The summed E-state index contributed by atoms with van der Waals surface area (Å²) in [6, 6.07) is 6.40. The van der Waals surface area contributed by atoms with Crippen molar-refractivity contribution in [3.8, 4) is 0 Å². The third-order valence-electron chi connectivity index (χ3n) is 3.57. The van der Waals surface area contributed by atoms with Crippen molar-refractivity contribution in [3.05, 3.63) is 34.9 Å². The van der Waals surface area contributed by atoms with Crippen molar-refractivity contribution in [2.24, 2.45) is 0 Å². The molecule has 0 atom stereocenters. The van der Waals surface area contributed by atoms with Gasteiger partial charge in [0.1, 0.15) is 0 Å². The van der Waals surface area contributed by atoms with Crippen LogP contribution in [0, 0.1) is 13.8 Å². The van der Waals surface area contributed by atoms with Crippen LogP contribution in [0.1, 0.15) is 29.5 Å². The number of hydrogen-bond acceptors (Lipinski definition) is 2. The van der Waals surface area contributed by atoms with Gasteiger partial charge in [0.25, 0.3) is 0 Å². The first kappa shape index (κ1) is 11.6. The van der Waals surface area contributed by atoms with Gasteiger partial charge in [-0.3, -0.25) is 0 Å². The van der Waals surface area contributed by atoms with Crippen LogP contribution < -0.4 is 0 Å². The summed E-state index contributed by atoms with van der Waals surface area (Å²) in [4.78, 5) is 2.27. The lowest BCUT2D eigenvalue weighted by Crippen LogP contribution is -2.40. The highest BCUT2D eigenvalue weighted by Crippen LogP contribution is 2.33. The molecule has 0 radical (unpaired) electrons. The van der Waals surface area contributed by atoms with Crippen LogP contribution in [0.15, 0.2) is 18.2 Å². The quantitative estimate of drug-likeness (QED) is 0.783. The van der Waals surface area contributed by atoms with E-state index in [0.717, 1.165) is 31.5 Å². The molecule has 0 spiro atoms. The van der Waals surface area contributed by atoms with Crippen molar-refractivity contribution in [3.63, 3.8) is 0 Å². The van der Waals surface area contributed by atoms with Gasteiger partial charge in [0.15, 0.2) is 0 Å². The number of aliphatic hydroxyl groups is 1.